The third-order valence-corrected chi connectivity index (χ3v) is 14.0. The van der Waals surface area contributed by atoms with Crippen molar-refractivity contribution in [3.8, 4) is 0 Å². The quantitative estimate of drug-likeness (QED) is 0.256. The summed E-state index contributed by atoms with van der Waals surface area (Å²) < 4.78 is 31.3. The Morgan fingerprint density at radius 2 is 0.921 bits per heavy atom. The second-order valence-corrected chi connectivity index (χ2v) is 15.7. The average molecular weight is 532 g/mol. The number of para-hydroxylation sites is 2. The van der Waals surface area contributed by atoms with E-state index in [0.29, 0.717) is 0 Å². The van der Waals surface area contributed by atoms with Crippen LogP contribution in [0.3, 0.4) is 0 Å². The summed E-state index contributed by atoms with van der Waals surface area (Å²) in [7, 11) is -6.56. The number of rotatable bonds is 3. The molecule has 0 aliphatic carbocycles. The fourth-order valence-electron chi connectivity index (χ4n) is 5.97. The molecule has 7 rings (SSSR count). The molecule has 5 heteroatoms. The SMILES string of the molecule is CC(C)c1cc2c3c(c1)P(=O)(c1ccccc1)c1ccccc1N3c1ccccc1P2(=O)c1ccccc1. The molecule has 0 fully saturated rings. The number of anilines is 3. The Balaban J connectivity index is 1.70. The van der Waals surface area contributed by atoms with Crippen LogP contribution in [0, 0.1) is 0 Å². The van der Waals surface area contributed by atoms with E-state index in [4.69, 9.17) is 0 Å². The van der Waals surface area contributed by atoms with Crippen molar-refractivity contribution in [2.45, 2.75) is 19.8 Å². The summed E-state index contributed by atoms with van der Waals surface area (Å²) in [5.41, 5.74) is 3.63. The van der Waals surface area contributed by atoms with E-state index in [1.54, 1.807) is 0 Å². The number of hydrogen-bond acceptors (Lipinski definition) is 3. The molecule has 0 bridgehead atoms. The standard InChI is InChI=1S/C33H27NO2P2/c1-23(2)24-21-31-33-32(22-24)38(36,26-15-7-4-8-16-26)30-20-12-10-18-28(30)34(33)27-17-9-11-19-29(27)37(31,35)25-13-5-3-6-14-25/h3-23H,1-2H3. The van der Waals surface area contributed by atoms with Crippen LogP contribution in [0.2, 0.25) is 0 Å². The Bertz CT molecular complexity index is 1690. The van der Waals surface area contributed by atoms with E-state index >= 15 is 9.13 Å². The lowest BCUT2D eigenvalue weighted by atomic mass is 10.0. The summed E-state index contributed by atoms with van der Waals surface area (Å²) in [4.78, 5) is 2.21. The second kappa shape index (κ2) is 8.43. The first-order chi connectivity index (χ1) is 18.5. The van der Waals surface area contributed by atoms with Gasteiger partial charge >= 0.3 is 0 Å². The summed E-state index contributed by atoms with van der Waals surface area (Å²) in [5, 5.41) is 4.77. The fraction of sp³-hybridized carbons (Fsp3) is 0.0909. The largest absolute Gasteiger partial charge is 0.308 e. The Morgan fingerprint density at radius 3 is 1.34 bits per heavy atom. The van der Waals surface area contributed by atoms with Crippen LogP contribution in [0.4, 0.5) is 17.1 Å². The minimum atomic E-state index is -3.28. The topological polar surface area (TPSA) is 37.4 Å². The van der Waals surface area contributed by atoms with Gasteiger partial charge in [0.05, 0.1) is 17.1 Å². The molecule has 2 atom stereocenters. The van der Waals surface area contributed by atoms with Crippen LogP contribution >= 0.6 is 14.3 Å². The first kappa shape index (κ1) is 23.5. The molecule has 0 saturated carbocycles. The lowest BCUT2D eigenvalue weighted by molar-refractivity contribution is 0.592. The monoisotopic (exact) mass is 531 g/mol. The minimum absolute atomic E-state index is 0.174. The van der Waals surface area contributed by atoms with Gasteiger partial charge in [0.1, 0.15) is 0 Å². The van der Waals surface area contributed by atoms with E-state index < -0.39 is 14.3 Å². The van der Waals surface area contributed by atoms with Gasteiger partial charge < -0.3 is 14.0 Å². The van der Waals surface area contributed by atoms with Gasteiger partial charge in [-0.05, 0) is 47.9 Å². The van der Waals surface area contributed by atoms with E-state index in [9.17, 15) is 0 Å². The molecule has 3 nitrogen and oxygen atoms in total. The molecule has 5 aromatic rings. The lowest BCUT2D eigenvalue weighted by Crippen LogP contribution is -2.46. The van der Waals surface area contributed by atoms with Crippen molar-refractivity contribution in [2.75, 3.05) is 4.90 Å². The van der Waals surface area contributed by atoms with Crippen molar-refractivity contribution >= 4 is 63.2 Å². The zero-order chi connectivity index (χ0) is 26.1. The molecule has 0 N–H and O–H groups in total. The smallest absolute Gasteiger partial charge is 0.175 e. The van der Waals surface area contributed by atoms with Crippen molar-refractivity contribution in [3.63, 3.8) is 0 Å². The highest BCUT2D eigenvalue weighted by molar-refractivity contribution is 7.88. The van der Waals surface area contributed by atoms with Crippen molar-refractivity contribution in [2.24, 2.45) is 0 Å². The molecule has 5 aromatic carbocycles. The maximum absolute atomic E-state index is 15.6. The maximum Gasteiger partial charge on any atom is 0.175 e. The van der Waals surface area contributed by atoms with Crippen LogP contribution in [0.25, 0.3) is 0 Å². The first-order valence-corrected chi connectivity index (χ1v) is 16.4. The first-order valence-electron chi connectivity index (χ1n) is 13.0. The zero-order valence-electron chi connectivity index (χ0n) is 21.3. The van der Waals surface area contributed by atoms with Crippen molar-refractivity contribution in [3.05, 3.63) is 127 Å². The van der Waals surface area contributed by atoms with Gasteiger partial charge in [-0.1, -0.05) is 98.8 Å². The van der Waals surface area contributed by atoms with Gasteiger partial charge in [0.25, 0.3) is 0 Å². The molecule has 0 saturated heterocycles. The molecule has 0 radical (unpaired) electrons. The summed E-state index contributed by atoms with van der Waals surface area (Å²) >= 11 is 0. The lowest BCUT2D eigenvalue weighted by Gasteiger charge is -2.44. The number of fused-ring (bicyclic) bond motifs is 4. The van der Waals surface area contributed by atoms with Crippen LogP contribution in [0.5, 0.6) is 0 Å². The minimum Gasteiger partial charge on any atom is -0.308 e. The van der Waals surface area contributed by atoms with Crippen LogP contribution in [0.15, 0.2) is 121 Å². The molecule has 0 spiro atoms. The third-order valence-electron chi connectivity index (χ3n) is 7.82. The molecule has 2 heterocycles. The summed E-state index contributed by atoms with van der Waals surface area (Å²) in [6.45, 7) is 4.28. The van der Waals surface area contributed by atoms with Crippen LogP contribution in [0.1, 0.15) is 25.3 Å². The number of benzene rings is 5. The van der Waals surface area contributed by atoms with Gasteiger partial charge in [0, 0.05) is 31.8 Å². The number of hydrogen-bond donors (Lipinski definition) is 0. The van der Waals surface area contributed by atoms with E-state index in [1.807, 2.05) is 109 Å². The second-order valence-electron chi connectivity index (χ2n) is 10.3. The van der Waals surface area contributed by atoms with E-state index in [2.05, 4.69) is 30.9 Å². The molecule has 38 heavy (non-hydrogen) atoms. The highest BCUT2D eigenvalue weighted by Gasteiger charge is 2.49. The number of nitrogens with zero attached hydrogens (tertiary/aromatic N) is 1. The summed E-state index contributed by atoms with van der Waals surface area (Å²) in [5.74, 6) is 0.174. The molecule has 2 unspecified atom stereocenters. The van der Waals surface area contributed by atoms with Gasteiger partial charge in [-0.25, -0.2) is 0 Å². The maximum atomic E-state index is 15.6. The molecule has 2 aliphatic heterocycles. The van der Waals surface area contributed by atoms with Gasteiger partial charge in [0.15, 0.2) is 14.3 Å². The van der Waals surface area contributed by atoms with Gasteiger partial charge in [0.2, 0.25) is 0 Å². The van der Waals surface area contributed by atoms with Crippen LogP contribution < -0.4 is 36.7 Å². The molecular formula is C33H27NO2P2. The fourth-order valence-corrected chi connectivity index (χ4v) is 12.2. The van der Waals surface area contributed by atoms with Gasteiger partial charge in [-0.3, -0.25) is 0 Å². The Hall–Kier alpha value is -3.64. The van der Waals surface area contributed by atoms with E-state index in [0.717, 1.165) is 54.5 Å². The van der Waals surface area contributed by atoms with Crippen molar-refractivity contribution < 1.29 is 9.13 Å². The van der Waals surface area contributed by atoms with Crippen LogP contribution in [-0.2, 0) is 9.13 Å². The zero-order valence-corrected chi connectivity index (χ0v) is 23.1. The molecule has 2 aliphatic rings. The van der Waals surface area contributed by atoms with E-state index in [-0.39, 0.29) is 5.92 Å². The highest BCUT2D eigenvalue weighted by Crippen LogP contribution is 2.60. The van der Waals surface area contributed by atoms with Gasteiger partial charge in [-0.2, -0.15) is 0 Å². The molecule has 186 valence electrons. The van der Waals surface area contributed by atoms with Gasteiger partial charge in [-0.15, -0.1) is 0 Å². The Kier molecular flexibility index (Phi) is 5.21. The highest BCUT2D eigenvalue weighted by atomic mass is 31.2. The van der Waals surface area contributed by atoms with Crippen molar-refractivity contribution in [1.29, 1.82) is 0 Å². The normalized spacial score (nSPS) is 21.0. The summed E-state index contributed by atoms with van der Waals surface area (Å²) in [6, 6.07) is 39.8. The molecular weight excluding hydrogens is 504 g/mol. The Labute approximate surface area is 223 Å². The van der Waals surface area contributed by atoms with Crippen molar-refractivity contribution in [1.82, 2.24) is 0 Å². The third kappa shape index (κ3) is 3.04. The Morgan fingerprint density at radius 1 is 0.526 bits per heavy atom. The predicted octanol–water partition coefficient (Wildman–Crippen LogP) is 6.19. The average Bonchev–Trinajstić information content (AvgIpc) is 2.97. The molecule has 0 amide bonds. The summed E-state index contributed by atoms with van der Waals surface area (Å²) in [6.07, 6.45) is 0. The molecule has 0 aromatic heterocycles. The predicted molar refractivity (Wildman–Crippen MR) is 161 cm³/mol. The van der Waals surface area contributed by atoms with E-state index in [1.165, 1.54) is 0 Å². The van der Waals surface area contributed by atoms with Crippen LogP contribution in [-0.4, -0.2) is 0 Å².